The van der Waals surface area contributed by atoms with Crippen molar-refractivity contribution in [2.75, 3.05) is 13.2 Å². The second kappa shape index (κ2) is 11.7. The van der Waals surface area contributed by atoms with Gasteiger partial charge >= 0.3 is 11.9 Å². The Morgan fingerprint density at radius 3 is 2.00 bits per heavy atom. The molecular formula is C15H28O5. The van der Waals surface area contributed by atoms with Gasteiger partial charge in [-0.1, -0.05) is 26.7 Å². The van der Waals surface area contributed by atoms with E-state index >= 15 is 0 Å². The number of hydrogen-bond acceptors (Lipinski definition) is 5. The van der Waals surface area contributed by atoms with Crippen LogP contribution < -0.4 is 0 Å². The molecule has 0 N–H and O–H groups in total. The lowest BCUT2D eigenvalue weighted by atomic mass is 10.2. The summed E-state index contributed by atoms with van der Waals surface area (Å²) in [5, 5.41) is 0. The summed E-state index contributed by atoms with van der Waals surface area (Å²) in [6.45, 7) is 8.40. The number of rotatable bonds is 11. The number of unbranched alkanes of at least 4 members (excludes halogenated alkanes) is 2. The standard InChI is InChI=1S/C15H28O5/c1-5-7-9-18-14(16)11-13(20-12(3)4)15(17)19-10-8-6-2/h12-13H,5-11H2,1-4H3. The predicted molar refractivity (Wildman–Crippen MR) is 76.4 cm³/mol. The van der Waals surface area contributed by atoms with E-state index in [0.29, 0.717) is 13.2 Å². The second-order valence-corrected chi connectivity index (χ2v) is 4.97. The largest absolute Gasteiger partial charge is 0.466 e. The van der Waals surface area contributed by atoms with Gasteiger partial charge in [0.15, 0.2) is 6.10 Å². The molecule has 0 aliphatic rings. The first kappa shape index (κ1) is 18.9. The third-order valence-corrected chi connectivity index (χ3v) is 2.55. The van der Waals surface area contributed by atoms with Gasteiger partial charge in [0, 0.05) is 0 Å². The van der Waals surface area contributed by atoms with Crippen molar-refractivity contribution < 1.29 is 23.8 Å². The van der Waals surface area contributed by atoms with Crippen LogP contribution in [0.5, 0.6) is 0 Å². The highest BCUT2D eigenvalue weighted by molar-refractivity contribution is 5.81. The van der Waals surface area contributed by atoms with Crippen molar-refractivity contribution in [3.8, 4) is 0 Å². The average molecular weight is 288 g/mol. The molecule has 0 heterocycles. The summed E-state index contributed by atoms with van der Waals surface area (Å²) in [6.07, 6.45) is 2.42. The van der Waals surface area contributed by atoms with Crippen molar-refractivity contribution in [2.45, 2.75) is 72.0 Å². The maximum Gasteiger partial charge on any atom is 0.335 e. The SMILES string of the molecule is CCCCOC(=O)CC(OC(C)C)C(=O)OCCCC. The maximum absolute atomic E-state index is 11.9. The Kier molecular flexibility index (Phi) is 11.1. The Hall–Kier alpha value is -1.10. The fourth-order valence-corrected chi connectivity index (χ4v) is 1.47. The number of carbonyl (C=O) groups excluding carboxylic acids is 2. The van der Waals surface area contributed by atoms with Gasteiger partial charge in [-0.25, -0.2) is 4.79 Å². The number of carbonyl (C=O) groups is 2. The average Bonchev–Trinajstić information content (AvgIpc) is 2.38. The molecule has 0 aliphatic carbocycles. The van der Waals surface area contributed by atoms with Crippen LogP contribution in [0.3, 0.4) is 0 Å². The summed E-state index contributed by atoms with van der Waals surface area (Å²) in [5.41, 5.74) is 0. The molecule has 0 spiro atoms. The van der Waals surface area contributed by atoms with E-state index in [4.69, 9.17) is 14.2 Å². The Balaban J connectivity index is 4.25. The first-order chi connectivity index (χ1) is 9.51. The monoisotopic (exact) mass is 288 g/mol. The van der Waals surface area contributed by atoms with Gasteiger partial charge in [0.1, 0.15) is 0 Å². The van der Waals surface area contributed by atoms with Gasteiger partial charge in [0.2, 0.25) is 0 Å². The molecule has 0 amide bonds. The first-order valence-corrected chi connectivity index (χ1v) is 7.48. The lowest BCUT2D eigenvalue weighted by Crippen LogP contribution is -2.32. The van der Waals surface area contributed by atoms with Gasteiger partial charge < -0.3 is 14.2 Å². The van der Waals surface area contributed by atoms with Crippen LogP contribution in [0.1, 0.15) is 59.8 Å². The third-order valence-electron chi connectivity index (χ3n) is 2.55. The fourth-order valence-electron chi connectivity index (χ4n) is 1.47. The molecular weight excluding hydrogens is 260 g/mol. The molecule has 0 saturated heterocycles. The van der Waals surface area contributed by atoms with Crippen LogP contribution in [0.15, 0.2) is 0 Å². The van der Waals surface area contributed by atoms with Crippen molar-refractivity contribution in [2.24, 2.45) is 0 Å². The van der Waals surface area contributed by atoms with Crippen LogP contribution in [0.4, 0.5) is 0 Å². The maximum atomic E-state index is 11.9. The molecule has 0 aromatic rings. The minimum Gasteiger partial charge on any atom is -0.466 e. The van der Waals surface area contributed by atoms with Crippen molar-refractivity contribution in [1.82, 2.24) is 0 Å². The molecule has 0 rings (SSSR count). The smallest absolute Gasteiger partial charge is 0.335 e. The predicted octanol–water partition coefficient (Wildman–Crippen LogP) is 2.86. The first-order valence-electron chi connectivity index (χ1n) is 7.48. The van der Waals surface area contributed by atoms with Crippen molar-refractivity contribution in [1.29, 1.82) is 0 Å². The van der Waals surface area contributed by atoms with Crippen LogP contribution >= 0.6 is 0 Å². The highest BCUT2D eigenvalue weighted by Crippen LogP contribution is 2.08. The Morgan fingerprint density at radius 1 is 0.950 bits per heavy atom. The van der Waals surface area contributed by atoms with Gasteiger partial charge in [-0.15, -0.1) is 0 Å². The Labute approximate surface area is 122 Å². The zero-order valence-corrected chi connectivity index (χ0v) is 13.1. The molecule has 118 valence electrons. The highest BCUT2D eigenvalue weighted by Gasteiger charge is 2.26. The van der Waals surface area contributed by atoms with Crippen LogP contribution in [0, 0.1) is 0 Å². The Morgan fingerprint density at radius 2 is 1.50 bits per heavy atom. The summed E-state index contributed by atoms with van der Waals surface area (Å²) in [7, 11) is 0. The quantitative estimate of drug-likeness (QED) is 0.432. The summed E-state index contributed by atoms with van der Waals surface area (Å²) < 4.78 is 15.6. The van der Waals surface area contributed by atoms with Crippen molar-refractivity contribution in [3.05, 3.63) is 0 Å². The van der Waals surface area contributed by atoms with E-state index in [1.165, 1.54) is 0 Å². The molecule has 0 saturated carbocycles. The normalized spacial score (nSPS) is 12.2. The fraction of sp³-hybridized carbons (Fsp3) is 0.867. The number of ether oxygens (including phenoxy) is 3. The molecule has 0 radical (unpaired) electrons. The van der Waals surface area contributed by atoms with Crippen molar-refractivity contribution >= 4 is 11.9 Å². The van der Waals surface area contributed by atoms with Crippen molar-refractivity contribution in [3.63, 3.8) is 0 Å². The van der Waals surface area contributed by atoms with E-state index in [9.17, 15) is 9.59 Å². The Bertz CT molecular complexity index is 275. The van der Waals surface area contributed by atoms with Gasteiger partial charge in [0.05, 0.1) is 25.7 Å². The molecule has 0 aromatic heterocycles. The van der Waals surface area contributed by atoms with Crippen LogP contribution in [0.2, 0.25) is 0 Å². The second-order valence-electron chi connectivity index (χ2n) is 4.97. The minimum absolute atomic E-state index is 0.0904. The third kappa shape index (κ3) is 9.78. The molecule has 1 unspecified atom stereocenters. The van der Waals surface area contributed by atoms with E-state index in [1.807, 2.05) is 27.7 Å². The van der Waals surface area contributed by atoms with Crippen LogP contribution in [-0.4, -0.2) is 37.4 Å². The summed E-state index contributed by atoms with van der Waals surface area (Å²) >= 11 is 0. The lowest BCUT2D eigenvalue weighted by molar-refractivity contribution is -0.166. The van der Waals surface area contributed by atoms with Crippen LogP contribution in [0.25, 0.3) is 0 Å². The van der Waals surface area contributed by atoms with Gasteiger partial charge in [-0.3, -0.25) is 4.79 Å². The molecule has 20 heavy (non-hydrogen) atoms. The number of esters is 2. The molecule has 0 aromatic carbocycles. The molecule has 0 bridgehead atoms. The van der Waals surface area contributed by atoms with Gasteiger partial charge in [-0.05, 0) is 26.7 Å². The summed E-state index contributed by atoms with van der Waals surface area (Å²) in [6, 6.07) is 0. The van der Waals surface area contributed by atoms with Crippen LogP contribution in [-0.2, 0) is 23.8 Å². The molecule has 0 fully saturated rings. The zero-order chi connectivity index (χ0) is 15.4. The topological polar surface area (TPSA) is 61.8 Å². The highest BCUT2D eigenvalue weighted by atomic mass is 16.6. The van der Waals surface area contributed by atoms with E-state index < -0.39 is 18.0 Å². The summed E-state index contributed by atoms with van der Waals surface area (Å²) in [4.78, 5) is 23.5. The molecule has 0 aliphatic heterocycles. The number of hydrogen-bond donors (Lipinski definition) is 0. The van der Waals surface area contributed by atoms with E-state index in [2.05, 4.69) is 0 Å². The zero-order valence-electron chi connectivity index (χ0n) is 13.1. The molecule has 5 heteroatoms. The molecule has 5 nitrogen and oxygen atoms in total. The lowest BCUT2D eigenvalue weighted by Gasteiger charge is -2.18. The van der Waals surface area contributed by atoms with E-state index in [-0.39, 0.29) is 12.5 Å². The molecule has 1 atom stereocenters. The summed E-state index contributed by atoms with van der Waals surface area (Å²) in [5.74, 6) is -0.906. The van der Waals surface area contributed by atoms with Gasteiger partial charge in [-0.2, -0.15) is 0 Å². The van der Waals surface area contributed by atoms with Gasteiger partial charge in [0.25, 0.3) is 0 Å². The minimum atomic E-state index is -0.874. The van der Waals surface area contributed by atoms with E-state index in [0.717, 1.165) is 25.7 Å². The van der Waals surface area contributed by atoms with E-state index in [1.54, 1.807) is 0 Å².